The van der Waals surface area contributed by atoms with Crippen molar-refractivity contribution < 1.29 is 0 Å². The van der Waals surface area contributed by atoms with Crippen LogP contribution in [0.15, 0.2) is 12.8 Å². The molecule has 0 aliphatic rings. The molecule has 0 aliphatic carbocycles. The number of rotatable bonds is 3. The number of allylic oxidation sites excluding steroid dienone is 1. The van der Waals surface area contributed by atoms with E-state index in [1.807, 2.05) is 13.0 Å². The Kier molecular flexibility index (Phi) is 3.10. The molecular formula is C9H10ClN3. The van der Waals surface area contributed by atoms with Gasteiger partial charge in [-0.15, -0.1) is 0 Å². The number of hydrogen-bond acceptors (Lipinski definition) is 2. The highest BCUT2D eigenvalue weighted by Gasteiger charge is 2.07. The fraction of sp³-hybridized carbons (Fsp3) is 0.333. The topological polar surface area (TPSA) is 41.6 Å². The van der Waals surface area contributed by atoms with E-state index in [4.69, 9.17) is 16.9 Å². The number of hydrogen-bond donors (Lipinski definition) is 0. The number of aryl methyl sites for hydroxylation is 1. The smallest absolute Gasteiger partial charge is 0.134 e. The van der Waals surface area contributed by atoms with Crippen LogP contribution >= 0.6 is 11.6 Å². The van der Waals surface area contributed by atoms with E-state index < -0.39 is 0 Å². The lowest BCUT2D eigenvalue weighted by Gasteiger charge is -1.99. The summed E-state index contributed by atoms with van der Waals surface area (Å²) in [4.78, 5) is 0. The highest BCUT2D eigenvalue weighted by Crippen LogP contribution is 2.21. The fourth-order valence-corrected chi connectivity index (χ4v) is 1.31. The minimum atomic E-state index is 0.414. The van der Waals surface area contributed by atoms with Crippen molar-refractivity contribution in [3.63, 3.8) is 0 Å². The van der Waals surface area contributed by atoms with Crippen molar-refractivity contribution in [3.05, 3.63) is 23.5 Å². The Hall–Kier alpha value is -1.27. The summed E-state index contributed by atoms with van der Waals surface area (Å²) < 4.78 is 1.61. The van der Waals surface area contributed by atoms with Crippen LogP contribution in [0.4, 0.5) is 0 Å². The van der Waals surface area contributed by atoms with Crippen LogP contribution in [0.25, 0.3) is 5.57 Å². The lowest BCUT2D eigenvalue weighted by atomic mass is 10.2. The summed E-state index contributed by atoms with van der Waals surface area (Å²) in [5.74, 6) is 0. The van der Waals surface area contributed by atoms with Crippen LogP contribution in [-0.2, 0) is 6.54 Å². The van der Waals surface area contributed by atoms with Crippen molar-refractivity contribution >= 4 is 17.2 Å². The van der Waals surface area contributed by atoms with E-state index in [1.165, 1.54) is 0 Å². The molecule has 0 unspecified atom stereocenters. The first-order chi connectivity index (χ1) is 6.16. The van der Waals surface area contributed by atoms with Gasteiger partial charge >= 0.3 is 0 Å². The molecule has 0 spiro atoms. The van der Waals surface area contributed by atoms with E-state index in [-0.39, 0.29) is 0 Å². The first-order valence-corrected chi connectivity index (χ1v) is 4.28. The van der Waals surface area contributed by atoms with Crippen LogP contribution in [-0.4, -0.2) is 9.78 Å². The van der Waals surface area contributed by atoms with Crippen LogP contribution in [0.2, 0.25) is 5.15 Å². The Morgan fingerprint density at radius 1 is 1.85 bits per heavy atom. The van der Waals surface area contributed by atoms with Crippen molar-refractivity contribution in [2.24, 2.45) is 0 Å². The monoisotopic (exact) mass is 195 g/mol. The zero-order chi connectivity index (χ0) is 9.84. The van der Waals surface area contributed by atoms with Crippen LogP contribution < -0.4 is 0 Å². The van der Waals surface area contributed by atoms with E-state index in [1.54, 1.807) is 10.9 Å². The molecule has 0 fully saturated rings. The highest BCUT2D eigenvalue weighted by molar-refractivity contribution is 6.31. The molecule has 0 bridgehead atoms. The molecule has 0 amide bonds. The second-order valence-corrected chi connectivity index (χ2v) is 3.12. The van der Waals surface area contributed by atoms with Crippen LogP contribution in [0.1, 0.15) is 18.9 Å². The van der Waals surface area contributed by atoms with Crippen LogP contribution in [0.5, 0.6) is 0 Å². The molecule has 1 rings (SSSR count). The van der Waals surface area contributed by atoms with Gasteiger partial charge in [-0.05, 0) is 12.5 Å². The van der Waals surface area contributed by atoms with Gasteiger partial charge in [0.25, 0.3) is 0 Å². The second kappa shape index (κ2) is 4.11. The quantitative estimate of drug-likeness (QED) is 0.744. The Bertz CT molecular complexity index is 359. The van der Waals surface area contributed by atoms with E-state index in [2.05, 4.69) is 11.7 Å². The molecule has 0 aliphatic heterocycles. The van der Waals surface area contributed by atoms with E-state index in [9.17, 15) is 0 Å². The predicted molar refractivity (Wildman–Crippen MR) is 52.2 cm³/mol. The second-order valence-electron chi connectivity index (χ2n) is 2.76. The summed E-state index contributed by atoms with van der Waals surface area (Å²) in [5, 5.41) is 13.0. The lowest BCUT2D eigenvalue weighted by molar-refractivity contribution is 0.628. The molecule has 0 saturated heterocycles. The highest BCUT2D eigenvalue weighted by atomic mass is 35.5. The Morgan fingerprint density at radius 3 is 3.00 bits per heavy atom. The molecule has 3 nitrogen and oxygen atoms in total. The summed E-state index contributed by atoms with van der Waals surface area (Å²) in [6, 6.07) is 2.04. The van der Waals surface area contributed by atoms with Gasteiger partial charge in [0.1, 0.15) is 5.15 Å². The summed E-state index contributed by atoms with van der Waals surface area (Å²) in [7, 11) is 0. The minimum Gasteiger partial charge on any atom is -0.252 e. The molecule has 1 heterocycles. The van der Waals surface area contributed by atoms with Gasteiger partial charge in [0.15, 0.2) is 0 Å². The van der Waals surface area contributed by atoms with E-state index >= 15 is 0 Å². The molecular weight excluding hydrogens is 186 g/mol. The van der Waals surface area contributed by atoms with Crippen molar-refractivity contribution in [3.8, 4) is 6.07 Å². The standard InChI is InChI=1S/C9H10ClN3/c1-7(2)8-6-12-13(9(8)10)5-3-4-11/h6H,1,3,5H2,2H3. The molecule has 0 N–H and O–H groups in total. The predicted octanol–water partition coefficient (Wildman–Crippen LogP) is 2.48. The zero-order valence-corrected chi connectivity index (χ0v) is 8.17. The fourth-order valence-electron chi connectivity index (χ4n) is 0.968. The molecule has 0 radical (unpaired) electrons. The van der Waals surface area contributed by atoms with E-state index in [0.717, 1.165) is 11.1 Å². The van der Waals surface area contributed by atoms with Gasteiger partial charge in [0.2, 0.25) is 0 Å². The lowest BCUT2D eigenvalue weighted by Crippen LogP contribution is -1.98. The summed E-state index contributed by atoms with van der Waals surface area (Å²) in [5.41, 5.74) is 1.73. The van der Waals surface area contributed by atoms with Crippen LogP contribution in [0.3, 0.4) is 0 Å². The van der Waals surface area contributed by atoms with Gasteiger partial charge in [-0.1, -0.05) is 18.2 Å². The maximum absolute atomic E-state index is 8.38. The third kappa shape index (κ3) is 2.10. The molecule has 0 atom stereocenters. The third-order valence-corrected chi connectivity index (χ3v) is 2.07. The van der Waals surface area contributed by atoms with Gasteiger partial charge < -0.3 is 0 Å². The first-order valence-electron chi connectivity index (χ1n) is 3.91. The number of nitrogens with zero attached hydrogens (tertiary/aromatic N) is 3. The largest absolute Gasteiger partial charge is 0.252 e. The van der Waals surface area contributed by atoms with Gasteiger partial charge in [0, 0.05) is 5.56 Å². The van der Waals surface area contributed by atoms with Gasteiger partial charge in [0.05, 0.1) is 25.2 Å². The summed E-state index contributed by atoms with van der Waals surface area (Å²) >= 11 is 5.99. The van der Waals surface area contributed by atoms with E-state index in [0.29, 0.717) is 18.1 Å². The SMILES string of the molecule is C=C(C)c1cnn(CCC#N)c1Cl. The first kappa shape index (κ1) is 9.82. The van der Waals surface area contributed by atoms with Crippen molar-refractivity contribution in [1.82, 2.24) is 9.78 Å². The van der Waals surface area contributed by atoms with Crippen LogP contribution in [0, 0.1) is 11.3 Å². The van der Waals surface area contributed by atoms with Gasteiger partial charge in [-0.2, -0.15) is 10.4 Å². The van der Waals surface area contributed by atoms with Crippen molar-refractivity contribution in [1.29, 1.82) is 5.26 Å². The normalized spacial score (nSPS) is 9.62. The molecule has 68 valence electrons. The van der Waals surface area contributed by atoms with Crippen molar-refractivity contribution in [2.75, 3.05) is 0 Å². The zero-order valence-electron chi connectivity index (χ0n) is 7.42. The van der Waals surface area contributed by atoms with Crippen molar-refractivity contribution in [2.45, 2.75) is 19.9 Å². The number of halogens is 1. The Balaban J connectivity index is 2.88. The van der Waals surface area contributed by atoms with Gasteiger partial charge in [-0.25, -0.2) is 0 Å². The average Bonchev–Trinajstić information content (AvgIpc) is 2.43. The Morgan fingerprint density at radius 2 is 2.54 bits per heavy atom. The summed E-state index contributed by atoms with van der Waals surface area (Å²) in [6.45, 7) is 6.18. The maximum Gasteiger partial charge on any atom is 0.134 e. The molecule has 13 heavy (non-hydrogen) atoms. The Labute approximate surface area is 82.2 Å². The molecule has 1 aromatic heterocycles. The average molecular weight is 196 g/mol. The third-order valence-electron chi connectivity index (χ3n) is 1.67. The molecule has 1 aromatic rings. The minimum absolute atomic E-state index is 0.414. The maximum atomic E-state index is 8.38. The summed E-state index contributed by atoms with van der Waals surface area (Å²) in [6.07, 6.45) is 2.08. The molecule has 0 saturated carbocycles. The number of aromatic nitrogens is 2. The number of nitriles is 1. The molecule has 4 heteroatoms. The van der Waals surface area contributed by atoms with Gasteiger partial charge in [-0.3, -0.25) is 4.68 Å². The molecule has 0 aromatic carbocycles.